The third-order valence-electron chi connectivity index (χ3n) is 2.81. The summed E-state index contributed by atoms with van der Waals surface area (Å²) in [5.41, 5.74) is 7.83. The molecule has 0 bridgehead atoms. The molecule has 0 aliphatic rings. The van der Waals surface area contributed by atoms with E-state index in [0.717, 1.165) is 11.4 Å². The molecule has 0 unspecified atom stereocenters. The van der Waals surface area contributed by atoms with Gasteiger partial charge in [-0.1, -0.05) is 6.07 Å². The first kappa shape index (κ1) is 13.3. The second-order valence-electron chi connectivity index (χ2n) is 4.40. The number of hydrogen-bond donors (Lipinski definition) is 2. The maximum absolute atomic E-state index is 12.0. The van der Waals surface area contributed by atoms with E-state index in [2.05, 4.69) is 15.4 Å². The molecule has 3 aromatic rings. The van der Waals surface area contributed by atoms with Crippen molar-refractivity contribution in [2.75, 3.05) is 11.1 Å². The Hall–Kier alpha value is -2.67. The monoisotopic (exact) mass is 299 g/mol. The molecular formula is C14H13N5OS. The van der Waals surface area contributed by atoms with E-state index in [4.69, 9.17) is 5.73 Å². The minimum atomic E-state index is -0.127. The minimum Gasteiger partial charge on any atom is -0.375 e. The Morgan fingerprint density at radius 1 is 1.38 bits per heavy atom. The zero-order valence-electron chi connectivity index (χ0n) is 11.1. The van der Waals surface area contributed by atoms with E-state index in [0.29, 0.717) is 10.8 Å². The summed E-state index contributed by atoms with van der Waals surface area (Å²) in [7, 11) is 0. The highest BCUT2D eigenvalue weighted by Gasteiger charge is 2.07. The first-order valence-corrected chi connectivity index (χ1v) is 7.18. The maximum atomic E-state index is 12.0. The molecule has 0 saturated heterocycles. The second-order valence-corrected chi connectivity index (χ2v) is 5.29. The van der Waals surface area contributed by atoms with Crippen molar-refractivity contribution < 1.29 is 4.79 Å². The fourth-order valence-electron chi connectivity index (χ4n) is 1.92. The third-order valence-corrected chi connectivity index (χ3v) is 3.53. The average Bonchev–Trinajstić information content (AvgIpc) is 3.11. The van der Waals surface area contributed by atoms with Gasteiger partial charge in [0.25, 0.3) is 0 Å². The quantitative estimate of drug-likeness (QED) is 0.772. The highest BCUT2D eigenvalue weighted by atomic mass is 32.1. The molecule has 3 rings (SSSR count). The van der Waals surface area contributed by atoms with Gasteiger partial charge in [0.1, 0.15) is 0 Å². The van der Waals surface area contributed by atoms with Gasteiger partial charge in [-0.2, -0.15) is 5.10 Å². The average molecular weight is 299 g/mol. The summed E-state index contributed by atoms with van der Waals surface area (Å²) in [6.45, 7) is 0. The van der Waals surface area contributed by atoms with Crippen molar-refractivity contribution in [3.63, 3.8) is 0 Å². The number of nitrogen functional groups attached to an aromatic ring is 1. The van der Waals surface area contributed by atoms with Crippen LogP contribution in [0.4, 0.5) is 10.8 Å². The van der Waals surface area contributed by atoms with Crippen molar-refractivity contribution in [3.8, 4) is 5.69 Å². The van der Waals surface area contributed by atoms with Crippen LogP contribution >= 0.6 is 11.3 Å². The summed E-state index contributed by atoms with van der Waals surface area (Å²) in [4.78, 5) is 16.1. The van der Waals surface area contributed by atoms with Crippen LogP contribution < -0.4 is 11.1 Å². The van der Waals surface area contributed by atoms with Crippen molar-refractivity contribution >= 4 is 28.1 Å². The van der Waals surface area contributed by atoms with Gasteiger partial charge in [-0.25, -0.2) is 9.67 Å². The molecule has 0 saturated carbocycles. The molecule has 1 amide bonds. The summed E-state index contributed by atoms with van der Waals surface area (Å²) in [6, 6.07) is 9.33. The number of hydrogen-bond acceptors (Lipinski definition) is 5. The number of nitrogens with zero attached hydrogens (tertiary/aromatic N) is 3. The smallest absolute Gasteiger partial charge is 0.230 e. The van der Waals surface area contributed by atoms with Crippen molar-refractivity contribution in [3.05, 3.63) is 53.8 Å². The molecule has 21 heavy (non-hydrogen) atoms. The minimum absolute atomic E-state index is 0.127. The van der Waals surface area contributed by atoms with E-state index in [1.54, 1.807) is 16.3 Å². The molecule has 0 radical (unpaired) electrons. The molecule has 0 aliphatic heterocycles. The molecule has 0 atom stereocenters. The first-order chi connectivity index (χ1) is 10.2. The lowest BCUT2D eigenvalue weighted by Crippen LogP contribution is -2.14. The first-order valence-electron chi connectivity index (χ1n) is 6.30. The van der Waals surface area contributed by atoms with Gasteiger partial charge in [0.05, 0.1) is 17.8 Å². The number of nitrogens with two attached hydrogens (primary N) is 1. The third kappa shape index (κ3) is 3.26. The van der Waals surface area contributed by atoms with E-state index >= 15 is 0 Å². The summed E-state index contributed by atoms with van der Waals surface area (Å²) in [5, 5.41) is 9.26. The highest BCUT2D eigenvalue weighted by molar-refractivity contribution is 7.13. The van der Waals surface area contributed by atoms with Gasteiger partial charge in [-0.15, -0.1) is 11.3 Å². The Morgan fingerprint density at radius 2 is 2.29 bits per heavy atom. The van der Waals surface area contributed by atoms with Crippen LogP contribution in [-0.4, -0.2) is 20.7 Å². The van der Waals surface area contributed by atoms with E-state index in [-0.39, 0.29) is 12.3 Å². The number of anilines is 2. The van der Waals surface area contributed by atoms with Gasteiger partial charge < -0.3 is 11.1 Å². The lowest BCUT2D eigenvalue weighted by atomic mass is 10.2. The lowest BCUT2D eigenvalue weighted by Gasteiger charge is -2.07. The zero-order chi connectivity index (χ0) is 14.7. The Morgan fingerprint density at radius 3 is 3.00 bits per heavy atom. The normalized spacial score (nSPS) is 10.5. The van der Waals surface area contributed by atoms with Gasteiger partial charge >= 0.3 is 0 Å². The fourth-order valence-corrected chi connectivity index (χ4v) is 2.48. The molecule has 6 nitrogen and oxygen atoms in total. The van der Waals surface area contributed by atoms with E-state index in [1.807, 2.05) is 36.5 Å². The van der Waals surface area contributed by atoms with Gasteiger partial charge in [-0.3, -0.25) is 4.79 Å². The van der Waals surface area contributed by atoms with Crippen molar-refractivity contribution in [1.82, 2.24) is 14.8 Å². The van der Waals surface area contributed by atoms with Crippen molar-refractivity contribution in [2.45, 2.75) is 6.42 Å². The number of carbonyl (C=O) groups is 1. The van der Waals surface area contributed by atoms with Crippen LogP contribution in [-0.2, 0) is 11.2 Å². The van der Waals surface area contributed by atoms with Crippen LogP contribution in [0.2, 0.25) is 0 Å². The van der Waals surface area contributed by atoms with Crippen LogP contribution in [0.5, 0.6) is 0 Å². The number of aromatic nitrogens is 3. The summed E-state index contributed by atoms with van der Waals surface area (Å²) in [6.07, 6.45) is 3.76. The van der Waals surface area contributed by atoms with Gasteiger partial charge in [0.15, 0.2) is 5.13 Å². The number of benzene rings is 1. The highest BCUT2D eigenvalue weighted by Crippen LogP contribution is 2.15. The van der Waals surface area contributed by atoms with Crippen LogP contribution in [0, 0.1) is 0 Å². The fraction of sp³-hybridized carbons (Fsp3) is 0.0714. The molecule has 106 valence electrons. The van der Waals surface area contributed by atoms with Crippen molar-refractivity contribution in [2.24, 2.45) is 0 Å². The number of rotatable bonds is 4. The van der Waals surface area contributed by atoms with Gasteiger partial charge in [0, 0.05) is 23.5 Å². The summed E-state index contributed by atoms with van der Waals surface area (Å²) >= 11 is 1.33. The standard InChI is InChI=1S/C14H13N5OS/c15-14-18-11(9-21-14)8-13(20)17-10-3-1-4-12(7-10)19-6-2-5-16-19/h1-7,9H,8H2,(H2,15,18)(H,17,20). The molecule has 2 heterocycles. The molecule has 0 spiro atoms. The van der Waals surface area contributed by atoms with E-state index in [9.17, 15) is 4.79 Å². The molecule has 2 aromatic heterocycles. The summed E-state index contributed by atoms with van der Waals surface area (Å²) < 4.78 is 1.73. The lowest BCUT2D eigenvalue weighted by molar-refractivity contribution is -0.115. The summed E-state index contributed by atoms with van der Waals surface area (Å²) in [5.74, 6) is -0.127. The van der Waals surface area contributed by atoms with Crippen molar-refractivity contribution in [1.29, 1.82) is 0 Å². The Balaban J connectivity index is 1.70. The van der Waals surface area contributed by atoms with Crippen LogP contribution in [0.15, 0.2) is 48.1 Å². The second kappa shape index (κ2) is 5.76. The molecule has 3 N–H and O–H groups in total. The number of thiazole rings is 1. The van der Waals surface area contributed by atoms with Gasteiger partial charge in [0.2, 0.25) is 5.91 Å². The Bertz CT molecular complexity index is 750. The molecule has 0 fully saturated rings. The van der Waals surface area contributed by atoms with Gasteiger partial charge in [-0.05, 0) is 24.3 Å². The Kier molecular flexibility index (Phi) is 3.65. The number of amides is 1. The van der Waals surface area contributed by atoms with E-state index < -0.39 is 0 Å². The Labute approximate surface area is 125 Å². The zero-order valence-corrected chi connectivity index (χ0v) is 11.9. The maximum Gasteiger partial charge on any atom is 0.230 e. The number of carbonyl (C=O) groups excluding carboxylic acids is 1. The molecule has 0 aliphatic carbocycles. The molecular weight excluding hydrogens is 286 g/mol. The largest absolute Gasteiger partial charge is 0.375 e. The molecule has 7 heteroatoms. The van der Waals surface area contributed by atoms with Crippen LogP contribution in [0.3, 0.4) is 0 Å². The van der Waals surface area contributed by atoms with E-state index in [1.165, 1.54) is 11.3 Å². The van der Waals surface area contributed by atoms with Crippen LogP contribution in [0.1, 0.15) is 5.69 Å². The topological polar surface area (TPSA) is 85.8 Å². The predicted molar refractivity (Wildman–Crippen MR) is 82.4 cm³/mol. The molecule has 1 aromatic carbocycles. The van der Waals surface area contributed by atoms with Crippen LogP contribution in [0.25, 0.3) is 5.69 Å². The SMILES string of the molecule is Nc1nc(CC(=O)Nc2cccc(-n3cccn3)c2)cs1. The number of nitrogens with one attached hydrogen (secondary N) is 1. The predicted octanol–water partition coefficient (Wildman–Crippen LogP) is 2.09.